The van der Waals surface area contributed by atoms with Gasteiger partial charge in [-0.05, 0) is 25.3 Å². The monoisotopic (exact) mass is 450 g/mol. The molecule has 2 aromatic rings. The predicted octanol–water partition coefficient (Wildman–Crippen LogP) is 1.81. The summed E-state index contributed by atoms with van der Waals surface area (Å²) < 4.78 is 5.28. The van der Waals surface area contributed by atoms with Gasteiger partial charge in [-0.2, -0.15) is 0 Å². The fourth-order valence-electron chi connectivity index (χ4n) is 5.42. The Balaban J connectivity index is 1.62. The molecule has 33 heavy (non-hydrogen) atoms. The predicted molar refractivity (Wildman–Crippen MR) is 119 cm³/mol. The van der Waals surface area contributed by atoms with Gasteiger partial charge in [0, 0.05) is 42.9 Å². The molecule has 5 rings (SSSR count). The average molecular weight is 450 g/mol. The minimum absolute atomic E-state index is 0.00347. The molecule has 1 unspecified atom stereocenters. The van der Waals surface area contributed by atoms with Gasteiger partial charge in [0.1, 0.15) is 17.2 Å². The summed E-state index contributed by atoms with van der Waals surface area (Å²) >= 11 is 0. The van der Waals surface area contributed by atoms with E-state index in [1.807, 2.05) is 11.8 Å². The third-order valence-electron chi connectivity index (χ3n) is 7.25. The number of hydrogen-bond acceptors (Lipinski definition) is 7. The smallest absolute Gasteiger partial charge is 0.228 e. The fourth-order valence-corrected chi connectivity index (χ4v) is 5.42. The summed E-state index contributed by atoms with van der Waals surface area (Å²) in [4.78, 5) is 41.9. The van der Waals surface area contributed by atoms with Gasteiger partial charge in [0.05, 0.1) is 29.2 Å². The summed E-state index contributed by atoms with van der Waals surface area (Å²) in [6.45, 7) is 4.57. The van der Waals surface area contributed by atoms with E-state index in [1.54, 1.807) is 12.1 Å². The summed E-state index contributed by atoms with van der Waals surface area (Å²) in [6.07, 6.45) is 0.970. The van der Waals surface area contributed by atoms with Crippen LogP contribution in [0.4, 0.5) is 0 Å². The zero-order valence-corrected chi connectivity index (χ0v) is 18.7. The number of piperazine rings is 1. The Morgan fingerprint density at radius 1 is 1.03 bits per heavy atom. The van der Waals surface area contributed by atoms with Crippen molar-refractivity contribution in [3.05, 3.63) is 51.6 Å². The number of ether oxygens (including phenoxy) is 1. The molecule has 8 heteroatoms. The van der Waals surface area contributed by atoms with Crippen LogP contribution in [0.2, 0.25) is 0 Å². The highest BCUT2D eigenvalue weighted by molar-refractivity contribution is 6.31. The number of hydrogen-bond donors (Lipinski definition) is 3. The van der Waals surface area contributed by atoms with Crippen LogP contribution in [-0.4, -0.2) is 65.9 Å². The first-order valence-corrected chi connectivity index (χ1v) is 11.1. The molecule has 172 valence electrons. The van der Waals surface area contributed by atoms with E-state index in [0.29, 0.717) is 37.1 Å². The summed E-state index contributed by atoms with van der Waals surface area (Å²) in [5, 5.41) is 25.6. The molecule has 1 fully saturated rings. The van der Waals surface area contributed by atoms with Crippen molar-refractivity contribution in [1.29, 1.82) is 0 Å². The number of aromatic hydroxyl groups is 2. The topological polar surface area (TPSA) is 116 Å². The minimum atomic E-state index is -0.772. The van der Waals surface area contributed by atoms with Gasteiger partial charge < -0.3 is 25.2 Å². The molecule has 1 heterocycles. The third kappa shape index (κ3) is 3.04. The van der Waals surface area contributed by atoms with E-state index in [-0.39, 0.29) is 51.8 Å². The third-order valence-corrected chi connectivity index (χ3v) is 7.25. The molecular formula is C25H26N2O6. The minimum Gasteiger partial charge on any atom is -0.507 e. The van der Waals surface area contributed by atoms with Crippen LogP contribution >= 0.6 is 0 Å². The van der Waals surface area contributed by atoms with E-state index < -0.39 is 17.0 Å². The van der Waals surface area contributed by atoms with Crippen LogP contribution < -0.4 is 10.1 Å². The van der Waals surface area contributed by atoms with E-state index in [2.05, 4.69) is 5.32 Å². The lowest BCUT2D eigenvalue weighted by molar-refractivity contribution is -0.142. The summed E-state index contributed by atoms with van der Waals surface area (Å²) in [5.41, 5.74) is -0.155. The van der Waals surface area contributed by atoms with Crippen LogP contribution in [0.1, 0.15) is 56.3 Å². The normalized spacial score (nSPS) is 21.8. The highest BCUT2D eigenvalue weighted by atomic mass is 16.5. The van der Waals surface area contributed by atoms with Crippen LogP contribution in [0.5, 0.6) is 17.2 Å². The van der Waals surface area contributed by atoms with Crippen LogP contribution in [0.25, 0.3) is 0 Å². The largest absolute Gasteiger partial charge is 0.507 e. The standard InChI is InChI=1S/C25H26N2O6/c1-25(24(32)27-10-8-26-9-11-27)7-6-13-15(12-25)22(30)18-19(20(13)28)23(31)17-14(21(18)29)4-3-5-16(17)33-2/h3-5,26,28,30H,6-12H2,1-2H3. The molecule has 1 amide bonds. The molecule has 1 saturated heterocycles. The van der Waals surface area contributed by atoms with Crippen molar-refractivity contribution >= 4 is 17.5 Å². The zero-order chi connectivity index (χ0) is 23.5. The number of ketones is 2. The van der Waals surface area contributed by atoms with Gasteiger partial charge in [0.25, 0.3) is 0 Å². The van der Waals surface area contributed by atoms with Crippen LogP contribution in [0, 0.1) is 5.41 Å². The lowest BCUT2D eigenvalue weighted by Crippen LogP contribution is -2.52. The Labute approximate surface area is 191 Å². The van der Waals surface area contributed by atoms with Gasteiger partial charge in [-0.15, -0.1) is 0 Å². The Bertz CT molecular complexity index is 1210. The molecule has 1 aliphatic heterocycles. The Kier molecular flexibility index (Phi) is 4.93. The van der Waals surface area contributed by atoms with E-state index in [9.17, 15) is 24.6 Å². The Morgan fingerprint density at radius 3 is 2.39 bits per heavy atom. The summed E-state index contributed by atoms with van der Waals surface area (Å²) in [7, 11) is 1.41. The number of rotatable bonds is 2. The van der Waals surface area contributed by atoms with Gasteiger partial charge >= 0.3 is 0 Å². The van der Waals surface area contributed by atoms with E-state index in [4.69, 9.17) is 4.74 Å². The number of nitrogens with one attached hydrogen (secondary N) is 1. The molecule has 0 saturated carbocycles. The number of carbonyl (C=O) groups excluding carboxylic acids is 3. The van der Waals surface area contributed by atoms with E-state index in [0.717, 1.165) is 13.1 Å². The molecule has 0 spiro atoms. The number of benzene rings is 2. The number of nitrogens with zero attached hydrogens (tertiary/aromatic N) is 1. The van der Waals surface area contributed by atoms with Crippen LogP contribution in [-0.2, 0) is 17.6 Å². The van der Waals surface area contributed by atoms with Crippen molar-refractivity contribution in [1.82, 2.24) is 10.2 Å². The maximum atomic E-state index is 13.4. The molecule has 0 bridgehead atoms. The SMILES string of the molecule is COc1cccc2c1C(=O)c1c(O)c3c(c(O)c1C2=O)CC(C)(C(=O)N1CCNCC1)CC3. The maximum absolute atomic E-state index is 13.4. The lowest BCUT2D eigenvalue weighted by atomic mass is 9.69. The first-order chi connectivity index (χ1) is 15.8. The number of phenols is 2. The highest BCUT2D eigenvalue weighted by Crippen LogP contribution is 2.50. The number of carbonyl (C=O) groups is 3. The quantitative estimate of drug-likeness (QED) is 0.510. The average Bonchev–Trinajstić information content (AvgIpc) is 2.84. The Hall–Kier alpha value is -3.39. The summed E-state index contributed by atoms with van der Waals surface area (Å²) in [5.74, 6) is -1.47. The molecule has 8 nitrogen and oxygen atoms in total. The number of methoxy groups -OCH3 is 1. The van der Waals surface area contributed by atoms with E-state index >= 15 is 0 Å². The molecule has 2 aromatic carbocycles. The van der Waals surface area contributed by atoms with Crippen LogP contribution in [0.3, 0.4) is 0 Å². The second-order valence-electron chi connectivity index (χ2n) is 9.23. The Morgan fingerprint density at radius 2 is 1.70 bits per heavy atom. The maximum Gasteiger partial charge on any atom is 0.228 e. The van der Waals surface area contributed by atoms with Gasteiger partial charge in [0.15, 0.2) is 5.78 Å². The number of fused-ring (bicyclic) bond motifs is 3. The molecule has 1 atom stereocenters. The fraction of sp³-hybridized carbons (Fsp3) is 0.400. The molecule has 2 aliphatic carbocycles. The van der Waals surface area contributed by atoms with Crippen molar-refractivity contribution < 1.29 is 29.3 Å². The molecule has 0 aromatic heterocycles. The lowest BCUT2D eigenvalue weighted by Gasteiger charge is -2.40. The van der Waals surface area contributed by atoms with Gasteiger partial charge in [-0.25, -0.2) is 0 Å². The number of amides is 1. The van der Waals surface area contributed by atoms with Gasteiger partial charge in [-0.3, -0.25) is 14.4 Å². The summed E-state index contributed by atoms with van der Waals surface area (Å²) in [6, 6.07) is 4.69. The van der Waals surface area contributed by atoms with Gasteiger partial charge in [-0.1, -0.05) is 19.1 Å². The first-order valence-electron chi connectivity index (χ1n) is 11.1. The zero-order valence-electron chi connectivity index (χ0n) is 18.7. The second-order valence-corrected chi connectivity index (χ2v) is 9.23. The second kappa shape index (κ2) is 7.59. The number of phenolic OH excluding ortho intramolecular Hbond substituents is 2. The molecule has 3 N–H and O–H groups in total. The van der Waals surface area contributed by atoms with Crippen molar-refractivity contribution in [2.75, 3.05) is 33.3 Å². The van der Waals surface area contributed by atoms with Gasteiger partial charge in [0.2, 0.25) is 11.7 Å². The molecule has 0 radical (unpaired) electrons. The molecular weight excluding hydrogens is 424 g/mol. The molecule has 3 aliphatic rings. The highest BCUT2D eigenvalue weighted by Gasteiger charge is 2.45. The first kappa shape index (κ1) is 21.5. The van der Waals surface area contributed by atoms with Crippen molar-refractivity contribution in [3.63, 3.8) is 0 Å². The van der Waals surface area contributed by atoms with Crippen molar-refractivity contribution in [2.45, 2.75) is 26.2 Å². The van der Waals surface area contributed by atoms with Crippen molar-refractivity contribution in [2.24, 2.45) is 5.41 Å². The van der Waals surface area contributed by atoms with Crippen molar-refractivity contribution in [3.8, 4) is 17.2 Å². The van der Waals surface area contributed by atoms with Crippen LogP contribution in [0.15, 0.2) is 18.2 Å². The van der Waals surface area contributed by atoms with E-state index in [1.165, 1.54) is 13.2 Å².